The fourth-order valence-electron chi connectivity index (χ4n) is 2.53. The number of hydrogen-bond donors (Lipinski definition) is 1. The average molecular weight is 261 g/mol. The number of aromatic nitrogens is 4. The van der Waals surface area contributed by atoms with E-state index >= 15 is 0 Å². The molecular weight excluding hydrogens is 242 g/mol. The number of nitrogens with one attached hydrogen (secondary N) is 1. The lowest BCUT2D eigenvalue weighted by molar-refractivity contribution is 0.324. The zero-order chi connectivity index (χ0) is 13.1. The topological polar surface area (TPSA) is 68.8 Å². The van der Waals surface area contributed by atoms with Gasteiger partial charge in [0.05, 0.1) is 0 Å². The molecule has 2 aromatic heterocycles. The standard InChI is InChI=1S/C13H19N5O/c1-18-9-8-15-13(18)12-16-11(19-17-12)3-2-10-4-6-14-7-5-10/h8-10,14H,2-7H2,1H3. The van der Waals surface area contributed by atoms with Gasteiger partial charge in [-0.15, -0.1) is 0 Å². The summed E-state index contributed by atoms with van der Waals surface area (Å²) in [6, 6.07) is 0. The third-order valence-electron chi connectivity index (χ3n) is 3.71. The molecule has 0 spiro atoms. The zero-order valence-electron chi connectivity index (χ0n) is 11.2. The third kappa shape index (κ3) is 2.84. The van der Waals surface area contributed by atoms with Crippen LogP contribution < -0.4 is 5.32 Å². The van der Waals surface area contributed by atoms with E-state index in [9.17, 15) is 0 Å². The maximum Gasteiger partial charge on any atom is 0.238 e. The van der Waals surface area contributed by atoms with Crippen LogP contribution in [0.1, 0.15) is 25.2 Å². The van der Waals surface area contributed by atoms with Gasteiger partial charge in [0.2, 0.25) is 11.7 Å². The van der Waals surface area contributed by atoms with Gasteiger partial charge in [-0.3, -0.25) is 0 Å². The summed E-state index contributed by atoms with van der Waals surface area (Å²) >= 11 is 0. The Kier molecular flexibility index (Phi) is 3.59. The molecule has 0 unspecified atom stereocenters. The second-order valence-electron chi connectivity index (χ2n) is 5.11. The van der Waals surface area contributed by atoms with Crippen LogP contribution in [-0.2, 0) is 13.5 Å². The van der Waals surface area contributed by atoms with E-state index in [1.807, 2.05) is 17.8 Å². The highest BCUT2D eigenvalue weighted by atomic mass is 16.5. The van der Waals surface area contributed by atoms with Gasteiger partial charge >= 0.3 is 0 Å². The number of hydrogen-bond acceptors (Lipinski definition) is 5. The van der Waals surface area contributed by atoms with Crippen molar-refractivity contribution in [2.75, 3.05) is 13.1 Å². The van der Waals surface area contributed by atoms with Crippen molar-refractivity contribution in [2.24, 2.45) is 13.0 Å². The van der Waals surface area contributed by atoms with E-state index in [-0.39, 0.29) is 0 Å². The van der Waals surface area contributed by atoms with Crippen LogP contribution in [0.4, 0.5) is 0 Å². The van der Waals surface area contributed by atoms with Gasteiger partial charge in [-0.2, -0.15) is 4.98 Å². The average Bonchev–Trinajstić information content (AvgIpc) is 3.06. The molecule has 0 amide bonds. The summed E-state index contributed by atoms with van der Waals surface area (Å²) < 4.78 is 7.19. The Morgan fingerprint density at radius 2 is 2.26 bits per heavy atom. The first-order valence-corrected chi connectivity index (χ1v) is 6.84. The van der Waals surface area contributed by atoms with E-state index in [2.05, 4.69) is 20.4 Å². The number of piperidine rings is 1. The van der Waals surface area contributed by atoms with Gasteiger partial charge in [0, 0.05) is 25.9 Å². The highest BCUT2D eigenvalue weighted by Gasteiger charge is 2.16. The number of imidazole rings is 1. The van der Waals surface area contributed by atoms with Crippen molar-refractivity contribution < 1.29 is 4.52 Å². The van der Waals surface area contributed by atoms with Crippen molar-refractivity contribution in [3.05, 3.63) is 18.3 Å². The Morgan fingerprint density at radius 3 is 3.00 bits per heavy atom. The number of nitrogens with zero attached hydrogens (tertiary/aromatic N) is 4. The van der Waals surface area contributed by atoms with E-state index in [0.717, 1.165) is 43.6 Å². The van der Waals surface area contributed by atoms with Crippen LogP contribution in [0.15, 0.2) is 16.9 Å². The molecule has 1 aliphatic heterocycles. The lowest BCUT2D eigenvalue weighted by atomic mass is 9.93. The Balaban J connectivity index is 1.60. The molecule has 1 aliphatic rings. The molecular formula is C13H19N5O. The SMILES string of the molecule is Cn1ccnc1-c1noc(CCC2CCNCC2)n1. The molecule has 0 aromatic carbocycles. The molecule has 3 rings (SSSR count). The smallest absolute Gasteiger partial charge is 0.238 e. The largest absolute Gasteiger partial charge is 0.339 e. The summed E-state index contributed by atoms with van der Waals surface area (Å²) in [5, 5.41) is 7.38. The predicted molar refractivity (Wildman–Crippen MR) is 70.4 cm³/mol. The molecule has 0 aliphatic carbocycles. The molecule has 0 atom stereocenters. The van der Waals surface area contributed by atoms with Crippen molar-refractivity contribution in [3.63, 3.8) is 0 Å². The van der Waals surface area contributed by atoms with Crippen LogP contribution >= 0.6 is 0 Å². The highest BCUT2D eigenvalue weighted by Crippen LogP contribution is 2.19. The van der Waals surface area contributed by atoms with Gasteiger partial charge in [0.25, 0.3) is 0 Å². The van der Waals surface area contributed by atoms with Crippen LogP contribution in [0.25, 0.3) is 11.6 Å². The van der Waals surface area contributed by atoms with Crippen molar-refractivity contribution in [2.45, 2.75) is 25.7 Å². The first-order chi connectivity index (χ1) is 9.33. The quantitative estimate of drug-likeness (QED) is 0.901. The number of aryl methyl sites for hydroxylation is 2. The van der Waals surface area contributed by atoms with Crippen molar-refractivity contribution >= 4 is 0 Å². The molecule has 2 aromatic rings. The molecule has 19 heavy (non-hydrogen) atoms. The third-order valence-corrected chi connectivity index (χ3v) is 3.71. The van der Waals surface area contributed by atoms with E-state index in [0.29, 0.717) is 5.82 Å². The highest BCUT2D eigenvalue weighted by molar-refractivity contribution is 5.42. The van der Waals surface area contributed by atoms with Gasteiger partial charge in [-0.05, 0) is 38.3 Å². The zero-order valence-corrected chi connectivity index (χ0v) is 11.2. The Hall–Kier alpha value is -1.69. The molecule has 102 valence electrons. The van der Waals surface area contributed by atoms with Gasteiger partial charge in [-0.1, -0.05) is 5.16 Å². The lowest BCUT2D eigenvalue weighted by Gasteiger charge is -2.21. The van der Waals surface area contributed by atoms with Crippen LogP contribution in [-0.4, -0.2) is 32.8 Å². The maximum absolute atomic E-state index is 5.30. The predicted octanol–water partition coefficient (Wildman–Crippen LogP) is 1.40. The summed E-state index contributed by atoms with van der Waals surface area (Å²) in [5.41, 5.74) is 0. The summed E-state index contributed by atoms with van der Waals surface area (Å²) in [5.74, 6) is 2.82. The van der Waals surface area contributed by atoms with E-state index in [1.54, 1.807) is 6.20 Å². The molecule has 6 heteroatoms. The monoisotopic (exact) mass is 261 g/mol. The Labute approximate surface area is 112 Å². The van der Waals surface area contributed by atoms with Crippen LogP contribution in [0.5, 0.6) is 0 Å². The van der Waals surface area contributed by atoms with Gasteiger partial charge in [0.1, 0.15) is 0 Å². The summed E-state index contributed by atoms with van der Waals surface area (Å²) in [6.45, 7) is 2.26. The minimum atomic E-state index is 0.577. The molecule has 3 heterocycles. The molecule has 0 radical (unpaired) electrons. The second-order valence-corrected chi connectivity index (χ2v) is 5.11. The maximum atomic E-state index is 5.30. The minimum absolute atomic E-state index is 0.577. The molecule has 1 fully saturated rings. The van der Waals surface area contributed by atoms with Crippen molar-refractivity contribution in [3.8, 4) is 11.6 Å². The lowest BCUT2D eigenvalue weighted by Crippen LogP contribution is -2.27. The van der Waals surface area contributed by atoms with Gasteiger partial charge in [0.15, 0.2) is 5.82 Å². The molecule has 1 saturated heterocycles. The van der Waals surface area contributed by atoms with E-state index < -0.39 is 0 Å². The van der Waals surface area contributed by atoms with Gasteiger partial charge < -0.3 is 14.4 Å². The van der Waals surface area contributed by atoms with E-state index in [1.165, 1.54) is 12.8 Å². The van der Waals surface area contributed by atoms with E-state index in [4.69, 9.17) is 4.52 Å². The molecule has 6 nitrogen and oxygen atoms in total. The van der Waals surface area contributed by atoms with Crippen LogP contribution in [0, 0.1) is 5.92 Å². The first-order valence-electron chi connectivity index (χ1n) is 6.84. The first kappa shape index (κ1) is 12.3. The Morgan fingerprint density at radius 1 is 1.42 bits per heavy atom. The van der Waals surface area contributed by atoms with Crippen molar-refractivity contribution in [1.82, 2.24) is 25.0 Å². The normalized spacial score (nSPS) is 16.9. The fourth-order valence-corrected chi connectivity index (χ4v) is 2.53. The minimum Gasteiger partial charge on any atom is -0.339 e. The summed E-state index contributed by atoms with van der Waals surface area (Å²) in [7, 11) is 1.92. The second kappa shape index (κ2) is 5.52. The van der Waals surface area contributed by atoms with Crippen molar-refractivity contribution in [1.29, 1.82) is 0 Å². The van der Waals surface area contributed by atoms with Crippen LogP contribution in [0.3, 0.4) is 0 Å². The van der Waals surface area contributed by atoms with Gasteiger partial charge in [-0.25, -0.2) is 4.98 Å². The summed E-state index contributed by atoms with van der Waals surface area (Å²) in [6.07, 6.45) is 8.10. The fraction of sp³-hybridized carbons (Fsp3) is 0.615. The molecule has 0 saturated carbocycles. The number of rotatable bonds is 4. The Bertz CT molecular complexity index is 527. The molecule has 0 bridgehead atoms. The van der Waals surface area contributed by atoms with Crippen LogP contribution in [0.2, 0.25) is 0 Å². The molecule has 1 N–H and O–H groups in total. The summed E-state index contributed by atoms with van der Waals surface area (Å²) in [4.78, 5) is 8.64.